The molecule has 0 saturated heterocycles. The number of phenolic OH excluding ortho intramolecular Hbond substituents is 1. The third kappa shape index (κ3) is 6.38. The number of allylic oxidation sites excluding steroid dienone is 1. The van der Waals surface area contributed by atoms with E-state index >= 15 is 0 Å². The predicted octanol–water partition coefficient (Wildman–Crippen LogP) is 5.70. The fraction of sp³-hybridized carbons (Fsp3) is 0.609. The Labute approximate surface area is 171 Å². The van der Waals surface area contributed by atoms with Gasteiger partial charge in [0.1, 0.15) is 16.7 Å². The quantitative estimate of drug-likeness (QED) is 0.616. The van der Waals surface area contributed by atoms with Crippen LogP contribution in [0.5, 0.6) is 5.75 Å². The van der Waals surface area contributed by atoms with E-state index in [1.54, 1.807) is 12.1 Å². The largest absolute Gasteiger partial charge is 0.507 e. The van der Waals surface area contributed by atoms with Crippen molar-refractivity contribution in [2.24, 2.45) is 5.92 Å². The molecule has 5 heteroatoms. The highest BCUT2D eigenvalue weighted by Gasteiger charge is 2.27. The summed E-state index contributed by atoms with van der Waals surface area (Å²) < 4.78 is 25.3. The zero-order valence-electron chi connectivity index (χ0n) is 18.5. The maximum Gasteiger partial charge on any atom is 0.188 e. The molecule has 0 atom stereocenters. The van der Waals surface area contributed by atoms with E-state index in [2.05, 4.69) is 0 Å². The molecule has 0 bridgehead atoms. The van der Waals surface area contributed by atoms with Gasteiger partial charge in [-0.2, -0.15) is 5.26 Å². The van der Waals surface area contributed by atoms with Crippen molar-refractivity contribution in [2.75, 3.05) is 5.75 Å². The summed E-state index contributed by atoms with van der Waals surface area (Å²) in [6.07, 6.45) is 2.78. The smallest absolute Gasteiger partial charge is 0.188 e. The average molecular weight is 406 g/mol. The molecule has 0 heterocycles. The van der Waals surface area contributed by atoms with Crippen molar-refractivity contribution in [3.8, 4) is 11.8 Å². The van der Waals surface area contributed by atoms with Gasteiger partial charge < -0.3 is 5.11 Å². The fourth-order valence-corrected chi connectivity index (χ4v) is 4.24. The third-order valence-corrected chi connectivity index (χ3v) is 6.39. The van der Waals surface area contributed by atoms with E-state index in [1.807, 2.05) is 61.5 Å². The standard InChI is InChI=1S/C23H35NO3S/c1-16(2)10-9-11-28(26,27)18(15-24)12-17-13-19(22(3,4)5)21(25)20(14-17)23(6,7)8/h12-14,16,25H,9-11H2,1-8H3/b18-12-. The van der Waals surface area contributed by atoms with E-state index < -0.39 is 9.84 Å². The molecule has 0 spiro atoms. The van der Waals surface area contributed by atoms with Gasteiger partial charge in [0, 0.05) is 11.1 Å². The highest BCUT2D eigenvalue weighted by Crippen LogP contribution is 2.40. The Kier molecular flexibility index (Phi) is 7.53. The average Bonchev–Trinajstić information content (AvgIpc) is 2.50. The molecule has 0 aliphatic carbocycles. The van der Waals surface area contributed by atoms with Gasteiger partial charge in [0.15, 0.2) is 9.84 Å². The number of phenols is 1. The Bertz CT molecular complexity index is 839. The molecule has 0 aliphatic heterocycles. The van der Waals surface area contributed by atoms with Crippen molar-refractivity contribution in [1.29, 1.82) is 5.26 Å². The zero-order valence-corrected chi connectivity index (χ0v) is 19.4. The van der Waals surface area contributed by atoms with E-state index in [0.29, 0.717) is 17.9 Å². The number of sulfone groups is 1. The van der Waals surface area contributed by atoms with Gasteiger partial charge in [0.2, 0.25) is 0 Å². The van der Waals surface area contributed by atoms with Crippen LogP contribution in [0, 0.1) is 17.2 Å². The van der Waals surface area contributed by atoms with Crippen molar-refractivity contribution in [3.05, 3.63) is 33.7 Å². The first-order chi connectivity index (χ1) is 12.6. The van der Waals surface area contributed by atoms with Crippen LogP contribution >= 0.6 is 0 Å². The van der Waals surface area contributed by atoms with Crippen LogP contribution in [0.1, 0.15) is 84.9 Å². The number of aromatic hydroxyl groups is 1. The summed E-state index contributed by atoms with van der Waals surface area (Å²) in [7, 11) is -3.64. The number of benzene rings is 1. The number of rotatable bonds is 6. The highest BCUT2D eigenvalue weighted by atomic mass is 32.2. The second-order valence-corrected chi connectivity index (χ2v) is 12.0. The Balaban J connectivity index is 3.51. The summed E-state index contributed by atoms with van der Waals surface area (Å²) in [5.41, 5.74) is 1.45. The van der Waals surface area contributed by atoms with E-state index in [-0.39, 0.29) is 27.2 Å². The first kappa shape index (κ1) is 24.2. The molecule has 156 valence electrons. The van der Waals surface area contributed by atoms with Crippen LogP contribution in [0.25, 0.3) is 6.08 Å². The Morgan fingerprint density at radius 3 is 1.93 bits per heavy atom. The van der Waals surface area contributed by atoms with Crippen LogP contribution < -0.4 is 0 Å². The van der Waals surface area contributed by atoms with Crippen LogP contribution in [0.2, 0.25) is 0 Å². The van der Waals surface area contributed by atoms with Gasteiger partial charge in [-0.1, -0.05) is 55.4 Å². The molecule has 0 unspecified atom stereocenters. The van der Waals surface area contributed by atoms with Crippen molar-refractivity contribution >= 4 is 15.9 Å². The lowest BCUT2D eigenvalue weighted by Gasteiger charge is -2.28. The molecule has 0 aromatic heterocycles. The molecule has 0 radical (unpaired) electrons. The van der Waals surface area contributed by atoms with Crippen LogP contribution in [-0.2, 0) is 20.7 Å². The van der Waals surface area contributed by atoms with Gasteiger partial charge in [-0.15, -0.1) is 0 Å². The van der Waals surface area contributed by atoms with E-state index in [9.17, 15) is 18.8 Å². The highest BCUT2D eigenvalue weighted by molar-refractivity contribution is 7.95. The van der Waals surface area contributed by atoms with E-state index in [0.717, 1.165) is 17.5 Å². The minimum atomic E-state index is -3.64. The van der Waals surface area contributed by atoms with E-state index in [4.69, 9.17) is 0 Å². The molecule has 1 aromatic rings. The normalized spacial score (nSPS) is 13.6. The predicted molar refractivity (Wildman–Crippen MR) is 117 cm³/mol. The molecule has 1 rings (SSSR count). The zero-order chi connectivity index (χ0) is 21.9. The van der Waals surface area contributed by atoms with Crippen molar-refractivity contribution in [3.63, 3.8) is 0 Å². The first-order valence-corrected chi connectivity index (χ1v) is 11.5. The van der Waals surface area contributed by atoms with Gasteiger partial charge in [-0.3, -0.25) is 0 Å². The first-order valence-electron chi connectivity index (χ1n) is 9.82. The number of hydrogen-bond donors (Lipinski definition) is 1. The van der Waals surface area contributed by atoms with Crippen LogP contribution in [-0.4, -0.2) is 19.3 Å². The third-order valence-electron chi connectivity index (χ3n) is 4.69. The minimum absolute atomic E-state index is 0.0269. The second-order valence-electron chi connectivity index (χ2n) is 9.94. The Hall–Kier alpha value is -1.80. The molecule has 0 amide bonds. The molecule has 0 fully saturated rings. The van der Waals surface area contributed by atoms with E-state index in [1.165, 1.54) is 6.08 Å². The van der Waals surface area contributed by atoms with Crippen LogP contribution in [0.3, 0.4) is 0 Å². The lowest BCUT2D eigenvalue weighted by atomic mass is 9.78. The molecule has 0 aliphatic rings. The van der Waals surface area contributed by atoms with Crippen molar-refractivity contribution in [1.82, 2.24) is 0 Å². The molecular formula is C23H35NO3S. The number of nitrogens with zero attached hydrogens (tertiary/aromatic N) is 1. The van der Waals surface area contributed by atoms with Crippen LogP contribution in [0.15, 0.2) is 17.0 Å². The van der Waals surface area contributed by atoms with Gasteiger partial charge in [0.25, 0.3) is 0 Å². The summed E-state index contributed by atoms with van der Waals surface area (Å²) in [5.74, 6) is 0.627. The fourth-order valence-electron chi connectivity index (χ4n) is 3.02. The Morgan fingerprint density at radius 1 is 1.11 bits per heavy atom. The minimum Gasteiger partial charge on any atom is -0.507 e. The van der Waals surface area contributed by atoms with Gasteiger partial charge in [-0.25, -0.2) is 8.42 Å². The monoisotopic (exact) mass is 405 g/mol. The number of nitriles is 1. The molecule has 4 nitrogen and oxygen atoms in total. The maximum atomic E-state index is 12.6. The molecule has 1 N–H and O–H groups in total. The van der Waals surface area contributed by atoms with Crippen molar-refractivity contribution in [2.45, 2.75) is 79.1 Å². The molecule has 1 aromatic carbocycles. The van der Waals surface area contributed by atoms with Crippen molar-refractivity contribution < 1.29 is 13.5 Å². The summed E-state index contributed by atoms with van der Waals surface area (Å²) in [6, 6.07) is 5.44. The second kappa shape index (κ2) is 8.69. The Morgan fingerprint density at radius 2 is 1.57 bits per heavy atom. The molecule has 0 saturated carbocycles. The van der Waals surface area contributed by atoms with Gasteiger partial charge in [-0.05, 0) is 53.4 Å². The van der Waals surface area contributed by atoms with Crippen LogP contribution in [0.4, 0.5) is 0 Å². The summed E-state index contributed by atoms with van der Waals surface area (Å²) in [4.78, 5) is -0.221. The summed E-state index contributed by atoms with van der Waals surface area (Å²) in [5, 5.41) is 20.3. The summed E-state index contributed by atoms with van der Waals surface area (Å²) in [6.45, 7) is 16.1. The topological polar surface area (TPSA) is 78.2 Å². The molecule has 28 heavy (non-hydrogen) atoms. The lowest BCUT2D eigenvalue weighted by molar-refractivity contribution is 0.423. The van der Waals surface area contributed by atoms with Gasteiger partial charge >= 0.3 is 0 Å². The summed E-state index contributed by atoms with van der Waals surface area (Å²) >= 11 is 0. The lowest BCUT2D eigenvalue weighted by Crippen LogP contribution is -2.17. The van der Waals surface area contributed by atoms with Gasteiger partial charge in [0.05, 0.1) is 5.75 Å². The number of hydrogen-bond acceptors (Lipinski definition) is 4. The SMILES string of the molecule is CC(C)CCCS(=O)(=O)/C(C#N)=C\c1cc(C(C)(C)C)c(O)c(C(C)(C)C)c1. The molecular weight excluding hydrogens is 370 g/mol. The maximum absolute atomic E-state index is 12.6.